The van der Waals surface area contributed by atoms with Gasteiger partial charge in [-0.2, -0.15) is 0 Å². The molecule has 2 rings (SSSR count). The van der Waals surface area contributed by atoms with Gasteiger partial charge in [-0.05, 0) is 36.9 Å². The number of nitrogens with zero attached hydrogens (tertiary/aromatic N) is 1. The fourth-order valence-electron chi connectivity index (χ4n) is 3.10. The number of hydrogen-bond acceptors (Lipinski definition) is 2. The minimum absolute atomic E-state index is 0.131. The van der Waals surface area contributed by atoms with Crippen LogP contribution >= 0.6 is 0 Å². The van der Waals surface area contributed by atoms with Crippen LogP contribution in [0.3, 0.4) is 0 Å². The second-order valence-corrected chi connectivity index (χ2v) is 7.30. The van der Waals surface area contributed by atoms with Crippen molar-refractivity contribution in [1.29, 1.82) is 0 Å². The van der Waals surface area contributed by atoms with E-state index < -0.39 is 0 Å². The Morgan fingerprint density at radius 1 is 1.15 bits per heavy atom. The van der Waals surface area contributed by atoms with Crippen molar-refractivity contribution in [2.45, 2.75) is 70.9 Å². The van der Waals surface area contributed by atoms with E-state index in [2.05, 4.69) is 38.8 Å². The predicted molar refractivity (Wildman–Crippen MR) is 85.1 cm³/mol. The standard InChI is InChI=1S/C18H29NO/c1-18(2,3)15-10-11-17(20)14(12-15)13-19(4)16-8-6-5-7-9-16/h10-12,16,20H,5-9,13H2,1-4H3. The van der Waals surface area contributed by atoms with Gasteiger partial charge in [-0.15, -0.1) is 0 Å². The zero-order valence-corrected chi connectivity index (χ0v) is 13.4. The van der Waals surface area contributed by atoms with Crippen LogP contribution in [-0.4, -0.2) is 23.1 Å². The summed E-state index contributed by atoms with van der Waals surface area (Å²) in [5, 5.41) is 10.1. The van der Waals surface area contributed by atoms with E-state index >= 15 is 0 Å². The molecule has 0 atom stereocenters. The van der Waals surface area contributed by atoms with Crippen molar-refractivity contribution in [3.63, 3.8) is 0 Å². The van der Waals surface area contributed by atoms with Crippen molar-refractivity contribution in [2.75, 3.05) is 7.05 Å². The number of benzene rings is 1. The zero-order chi connectivity index (χ0) is 14.8. The van der Waals surface area contributed by atoms with E-state index in [-0.39, 0.29) is 5.41 Å². The molecule has 0 radical (unpaired) electrons. The molecule has 0 spiro atoms. The van der Waals surface area contributed by atoms with Crippen LogP contribution in [0.4, 0.5) is 0 Å². The van der Waals surface area contributed by atoms with Gasteiger partial charge in [-0.25, -0.2) is 0 Å². The molecule has 0 aromatic heterocycles. The summed E-state index contributed by atoms with van der Waals surface area (Å²) in [6.07, 6.45) is 6.69. The summed E-state index contributed by atoms with van der Waals surface area (Å²) in [6.45, 7) is 7.50. The van der Waals surface area contributed by atoms with Crippen LogP contribution in [0, 0.1) is 0 Å². The summed E-state index contributed by atoms with van der Waals surface area (Å²) in [7, 11) is 2.19. The summed E-state index contributed by atoms with van der Waals surface area (Å²) in [5.74, 6) is 0.431. The van der Waals surface area contributed by atoms with Gasteiger partial charge in [0.2, 0.25) is 0 Å². The maximum Gasteiger partial charge on any atom is 0.120 e. The zero-order valence-electron chi connectivity index (χ0n) is 13.4. The van der Waals surface area contributed by atoms with Gasteiger partial charge >= 0.3 is 0 Å². The molecule has 112 valence electrons. The molecule has 1 aliphatic rings. The van der Waals surface area contributed by atoms with Gasteiger partial charge in [-0.3, -0.25) is 4.90 Å². The van der Waals surface area contributed by atoms with E-state index in [9.17, 15) is 5.11 Å². The molecule has 0 heterocycles. The van der Waals surface area contributed by atoms with E-state index in [0.717, 1.165) is 12.1 Å². The number of phenolic OH excluding ortho intramolecular Hbond substituents is 1. The lowest BCUT2D eigenvalue weighted by Gasteiger charge is -2.31. The third-order valence-corrected chi connectivity index (χ3v) is 4.56. The number of aromatic hydroxyl groups is 1. The van der Waals surface area contributed by atoms with E-state index in [1.54, 1.807) is 0 Å². The summed E-state index contributed by atoms with van der Waals surface area (Å²) in [5.41, 5.74) is 2.49. The van der Waals surface area contributed by atoms with Crippen LogP contribution in [0.15, 0.2) is 18.2 Å². The summed E-state index contributed by atoms with van der Waals surface area (Å²) < 4.78 is 0. The molecule has 0 saturated heterocycles. The molecule has 2 nitrogen and oxygen atoms in total. The quantitative estimate of drug-likeness (QED) is 0.880. The van der Waals surface area contributed by atoms with Gasteiger partial charge in [0.15, 0.2) is 0 Å². The molecule has 1 saturated carbocycles. The minimum atomic E-state index is 0.131. The maximum atomic E-state index is 10.1. The summed E-state index contributed by atoms with van der Waals surface area (Å²) in [6, 6.07) is 6.75. The molecular weight excluding hydrogens is 246 g/mol. The second-order valence-electron chi connectivity index (χ2n) is 7.30. The van der Waals surface area contributed by atoms with Gasteiger partial charge in [-0.1, -0.05) is 52.2 Å². The van der Waals surface area contributed by atoms with Crippen molar-refractivity contribution in [3.05, 3.63) is 29.3 Å². The third-order valence-electron chi connectivity index (χ3n) is 4.56. The fraction of sp³-hybridized carbons (Fsp3) is 0.667. The Kier molecular flexibility index (Phi) is 4.74. The average molecular weight is 275 g/mol. The highest BCUT2D eigenvalue weighted by molar-refractivity contribution is 5.38. The smallest absolute Gasteiger partial charge is 0.120 e. The maximum absolute atomic E-state index is 10.1. The van der Waals surface area contributed by atoms with Gasteiger partial charge in [0, 0.05) is 18.2 Å². The molecule has 1 aromatic rings. The lowest BCUT2D eigenvalue weighted by molar-refractivity contribution is 0.183. The van der Waals surface area contributed by atoms with Gasteiger partial charge in [0.05, 0.1) is 0 Å². The number of hydrogen-bond donors (Lipinski definition) is 1. The molecule has 1 N–H and O–H groups in total. The highest BCUT2D eigenvalue weighted by Crippen LogP contribution is 2.29. The first-order chi connectivity index (χ1) is 9.38. The highest BCUT2D eigenvalue weighted by Gasteiger charge is 2.20. The topological polar surface area (TPSA) is 23.5 Å². The third kappa shape index (κ3) is 3.76. The molecule has 20 heavy (non-hydrogen) atoms. The Morgan fingerprint density at radius 2 is 1.80 bits per heavy atom. The van der Waals surface area contributed by atoms with Crippen molar-refractivity contribution >= 4 is 0 Å². The molecule has 2 heteroatoms. The number of phenols is 1. The molecular formula is C18H29NO. The van der Waals surface area contributed by atoms with Crippen LogP contribution in [0.1, 0.15) is 64.0 Å². The number of rotatable bonds is 3. The Morgan fingerprint density at radius 3 is 2.40 bits per heavy atom. The minimum Gasteiger partial charge on any atom is -0.508 e. The Bertz CT molecular complexity index is 441. The van der Waals surface area contributed by atoms with Crippen molar-refractivity contribution in [1.82, 2.24) is 4.90 Å². The molecule has 1 aliphatic carbocycles. The van der Waals surface area contributed by atoms with Gasteiger partial charge < -0.3 is 5.11 Å². The first-order valence-electron chi connectivity index (χ1n) is 7.90. The lowest BCUT2D eigenvalue weighted by atomic mass is 9.86. The van der Waals surface area contributed by atoms with Gasteiger partial charge in [0.1, 0.15) is 5.75 Å². The lowest BCUT2D eigenvalue weighted by Crippen LogP contribution is -2.33. The molecule has 1 aromatic carbocycles. The second kappa shape index (κ2) is 6.17. The SMILES string of the molecule is CN(Cc1cc(C(C)(C)C)ccc1O)C1CCCCC1. The van der Waals surface area contributed by atoms with Crippen molar-refractivity contribution in [3.8, 4) is 5.75 Å². The summed E-state index contributed by atoms with van der Waals surface area (Å²) in [4.78, 5) is 2.42. The van der Waals surface area contributed by atoms with E-state index in [4.69, 9.17) is 0 Å². The Hall–Kier alpha value is -1.02. The largest absolute Gasteiger partial charge is 0.508 e. The molecule has 0 bridgehead atoms. The van der Waals surface area contributed by atoms with Gasteiger partial charge in [0.25, 0.3) is 0 Å². The monoisotopic (exact) mass is 275 g/mol. The van der Waals surface area contributed by atoms with E-state index in [1.165, 1.54) is 37.7 Å². The van der Waals surface area contributed by atoms with Crippen LogP contribution in [-0.2, 0) is 12.0 Å². The first kappa shape index (κ1) is 15.4. The fourth-order valence-corrected chi connectivity index (χ4v) is 3.10. The molecule has 0 amide bonds. The Balaban J connectivity index is 2.11. The Labute approximate surface area is 123 Å². The summed E-state index contributed by atoms with van der Waals surface area (Å²) >= 11 is 0. The van der Waals surface area contributed by atoms with E-state index in [1.807, 2.05) is 12.1 Å². The highest BCUT2D eigenvalue weighted by atomic mass is 16.3. The molecule has 0 aliphatic heterocycles. The van der Waals surface area contributed by atoms with Crippen LogP contribution < -0.4 is 0 Å². The van der Waals surface area contributed by atoms with Crippen LogP contribution in [0.5, 0.6) is 5.75 Å². The van der Waals surface area contributed by atoms with Crippen molar-refractivity contribution < 1.29 is 5.11 Å². The first-order valence-corrected chi connectivity index (χ1v) is 7.90. The molecule has 1 fully saturated rings. The van der Waals surface area contributed by atoms with Crippen LogP contribution in [0.25, 0.3) is 0 Å². The molecule has 0 unspecified atom stereocenters. The van der Waals surface area contributed by atoms with Crippen molar-refractivity contribution in [2.24, 2.45) is 0 Å². The van der Waals surface area contributed by atoms with E-state index in [0.29, 0.717) is 11.8 Å². The van der Waals surface area contributed by atoms with Crippen LogP contribution in [0.2, 0.25) is 0 Å². The predicted octanol–water partition coefficient (Wildman–Crippen LogP) is 4.45. The average Bonchev–Trinajstić information content (AvgIpc) is 2.41. The normalized spacial score (nSPS) is 17.6.